The lowest BCUT2D eigenvalue weighted by Gasteiger charge is -2.06. The van der Waals surface area contributed by atoms with Crippen molar-refractivity contribution in [2.75, 3.05) is 7.11 Å². The number of nitro benzene ring substituents is 1. The van der Waals surface area contributed by atoms with Crippen LogP contribution in [0.5, 0.6) is 5.75 Å². The molecule has 1 N–H and O–H groups in total. The van der Waals surface area contributed by atoms with Crippen LogP contribution in [0.15, 0.2) is 47.3 Å². The van der Waals surface area contributed by atoms with E-state index >= 15 is 0 Å². The number of nitro groups is 1. The van der Waals surface area contributed by atoms with Crippen LogP contribution in [0.4, 0.5) is 5.69 Å². The maximum atomic E-state index is 12.2. The van der Waals surface area contributed by atoms with Gasteiger partial charge in [0.25, 0.3) is 11.2 Å². The van der Waals surface area contributed by atoms with Crippen molar-refractivity contribution in [1.29, 1.82) is 0 Å². The minimum Gasteiger partial charge on any atom is -0.494 e. The van der Waals surface area contributed by atoms with Gasteiger partial charge in [0.05, 0.1) is 17.4 Å². The number of methoxy groups -OCH3 is 1. The van der Waals surface area contributed by atoms with E-state index in [1.54, 1.807) is 18.2 Å². The molecule has 22 heavy (non-hydrogen) atoms. The van der Waals surface area contributed by atoms with Gasteiger partial charge in [-0.05, 0) is 24.3 Å². The van der Waals surface area contributed by atoms with Crippen LogP contribution >= 0.6 is 0 Å². The van der Waals surface area contributed by atoms with Gasteiger partial charge < -0.3 is 9.72 Å². The van der Waals surface area contributed by atoms with Gasteiger partial charge in [-0.15, -0.1) is 0 Å². The van der Waals surface area contributed by atoms with Gasteiger partial charge in [-0.1, -0.05) is 6.07 Å². The highest BCUT2D eigenvalue weighted by molar-refractivity contribution is 5.85. The van der Waals surface area contributed by atoms with Crippen molar-refractivity contribution in [2.24, 2.45) is 0 Å². The monoisotopic (exact) mass is 297 g/mol. The van der Waals surface area contributed by atoms with Gasteiger partial charge in [-0.3, -0.25) is 14.9 Å². The van der Waals surface area contributed by atoms with E-state index in [1.807, 2.05) is 0 Å². The molecule has 0 unspecified atom stereocenters. The summed E-state index contributed by atoms with van der Waals surface area (Å²) in [5.41, 5.74) is 0.708. The first-order chi connectivity index (χ1) is 10.6. The Hall–Kier alpha value is -3.22. The molecule has 3 rings (SSSR count). The molecular formula is C15H11N3O4. The predicted molar refractivity (Wildman–Crippen MR) is 81.0 cm³/mol. The third kappa shape index (κ3) is 2.28. The molecule has 0 bridgehead atoms. The first-order valence-corrected chi connectivity index (χ1v) is 6.42. The Balaban J connectivity index is 2.19. The molecule has 0 radical (unpaired) electrons. The molecule has 7 heteroatoms. The molecule has 1 aromatic heterocycles. The van der Waals surface area contributed by atoms with Gasteiger partial charge in [0.2, 0.25) is 0 Å². The number of benzene rings is 2. The van der Waals surface area contributed by atoms with E-state index < -0.39 is 4.92 Å². The summed E-state index contributed by atoms with van der Waals surface area (Å²) in [6.07, 6.45) is 0. The minimum absolute atomic E-state index is 0.0236. The lowest BCUT2D eigenvalue weighted by molar-refractivity contribution is -0.384. The van der Waals surface area contributed by atoms with E-state index in [-0.39, 0.29) is 11.2 Å². The van der Waals surface area contributed by atoms with Crippen LogP contribution in [0.1, 0.15) is 0 Å². The van der Waals surface area contributed by atoms with Gasteiger partial charge >= 0.3 is 0 Å². The fourth-order valence-corrected chi connectivity index (χ4v) is 2.18. The number of fused-ring (bicyclic) bond motifs is 1. The minimum atomic E-state index is -0.483. The van der Waals surface area contributed by atoms with Gasteiger partial charge in [0.1, 0.15) is 17.1 Å². The van der Waals surface area contributed by atoms with Gasteiger partial charge in [-0.25, -0.2) is 4.98 Å². The standard InChI is InChI=1S/C15H11N3O4/c1-22-12-4-2-3-11-13(12)16-14(17-15(11)19)9-5-7-10(8-6-9)18(20)21/h2-8H,1H3,(H,16,17,19). The summed E-state index contributed by atoms with van der Waals surface area (Å²) in [5, 5.41) is 11.1. The zero-order chi connectivity index (χ0) is 15.7. The van der Waals surface area contributed by atoms with Crippen LogP contribution in [-0.4, -0.2) is 22.0 Å². The zero-order valence-electron chi connectivity index (χ0n) is 11.6. The van der Waals surface area contributed by atoms with Crippen molar-refractivity contribution >= 4 is 16.6 Å². The van der Waals surface area contributed by atoms with Gasteiger partial charge in [0, 0.05) is 17.7 Å². The molecule has 2 aromatic carbocycles. The number of hydrogen-bond acceptors (Lipinski definition) is 5. The van der Waals surface area contributed by atoms with Crippen LogP contribution in [-0.2, 0) is 0 Å². The number of para-hydroxylation sites is 1. The lowest BCUT2D eigenvalue weighted by Crippen LogP contribution is -2.10. The normalized spacial score (nSPS) is 10.6. The molecule has 0 aliphatic carbocycles. The Kier molecular flexibility index (Phi) is 3.30. The fraction of sp³-hybridized carbons (Fsp3) is 0.0667. The van der Waals surface area contributed by atoms with E-state index in [1.165, 1.54) is 31.4 Å². The van der Waals surface area contributed by atoms with Crippen LogP contribution in [0.3, 0.4) is 0 Å². The maximum Gasteiger partial charge on any atom is 0.269 e. The van der Waals surface area contributed by atoms with Crippen molar-refractivity contribution in [3.05, 3.63) is 62.9 Å². The van der Waals surface area contributed by atoms with E-state index in [4.69, 9.17) is 4.74 Å². The smallest absolute Gasteiger partial charge is 0.269 e. The summed E-state index contributed by atoms with van der Waals surface area (Å²) < 4.78 is 5.22. The number of rotatable bonds is 3. The van der Waals surface area contributed by atoms with Crippen LogP contribution in [0.25, 0.3) is 22.3 Å². The fourth-order valence-electron chi connectivity index (χ4n) is 2.18. The molecule has 0 aliphatic rings. The van der Waals surface area contributed by atoms with E-state index in [0.29, 0.717) is 28.0 Å². The first-order valence-electron chi connectivity index (χ1n) is 6.42. The Morgan fingerprint density at radius 2 is 1.91 bits per heavy atom. The molecule has 110 valence electrons. The highest BCUT2D eigenvalue weighted by Crippen LogP contribution is 2.24. The topological polar surface area (TPSA) is 98.1 Å². The molecule has 0 amide bonds. The van der Waals surface area contributed by atoms with Crippen molar-refractivity contribution in [3.8, 4) is 17.1 Å². The number of nitrogens with one attached hydrogen (secondary N) is 1. The van der Waals surface area contributed by atoms with E-state index in [0.717, 1.165) is 0 Å². The molecule has 0 saturated carbocycles. The molecule has 1 heterocycles. The lowest BCUT2D eigenvalue weighted by atomic mass is 10.1. The van der Waals surface area contributed by atoms with Crippen molar-refractivity contribution < 1.29 is 9.66 Å². The Morgan fingerprint density at radius 3 is 2.55 bits per heavy atom. The SMILES string of the molecule is COc1cccc2c(=O)[nH]c(-c3ccc([N+](=O)[O-])cc3)nc12. The summed E-state index contributed by atoms with van der Waals surface area (Å²) in [6, 6.07) is 10.9. The Bertz CT molecular complexity index is 916. The Labute approximate surface area is 124 Å². The average Bonchev–Trinajstić information content (AvgIpc) is 2.54. The molecule has 0 atom stereocenters. The number of H-pyrrole nitrogens is 1. The highest BCUT2D eigenvalue weighted by atomic mass is 16.6. The molecule has 0 fully saturated rings. The zero-order valence-corrected chi connectivity index (χ0v) is 11.6. The second-order valence-electron chi connectivity index (χ2n) is 4.57. The second kappa shape index (κ2) is 5.28. The van der Waals surface area contributed by atoms with Crippen LogP contribution in [0, 0.1) is 10.1 Å². The van der Waals surface area contributed by atoms with Crippen molar-refractivity contribution in [1.82, 2.24) is 9.97 Å². The summed E-state index contributed by atoms with van der Waals surface area (Å²) in [6.45, 7) is 0. The number of aromatic nitrogens is 2. The average molecular weight is 297 g/mol. The number of aromatic amines is 1. The predicted octanol–water partition coefficient (Wildman–Crippen LogP) is 2.51. The molecular weight excluding hydrogens is 286 g/mol. The number of ether oxygens (including phenoxy) is 1. The van der Waals surface area contributed by atoms with Gasteiger partial charge in [-0.2, -0.15) is 0 Å². The molecule has 0 saturated heterocycles. The maximum absolute atomic E-state index is 12.2. The largest absolute Gasteiger partial charge is 0.494 e. The molecule has 0 spiro atoms. The summed E-state index contributed by atoms with van der Waals surface area (Å²) >= 11 is 0. The van der Waals surface area contributed by atoms with Crippen molar-refractivity contribution in [3.63, 3.8) is 0 Å². The third-order valence-electron chi connectivity index (χ3n) is 3.27. The van der Waals surface area contributed by atoms with Gasteiger partial charge in [0.15, 0.2) is 0 Å². The quantitative estimate of drug-likeness (QED) is 0.591. The first kappa shape index (κ1) is 13.7. The number of non-ortho nitro benzene ring substituents is 1. The molecule has 3 aromatic rings. The summed E-state index contributed by atoms with van der Waals surface area (Å²) in [4.78, 5) is 29.4. The highest BCUT2D eigenvalue weighted by Gasteiger charge is 2.11. The van der Waals surface area contributed by atoms with Crippen LogP contribution in [0.2, 0.25) is 0 Å². The molecule has 7 nitrogen and oxygen atoms in total. The summed E-state index contributed by atoms with van der Waals surface area (Å²) in [5.74, 6) is 0.823. The number of hydrogen-bond donors (Lipinski definition) is 1. The summed E-state index contributed by atoms with van der Waals surface area (Å²) in [7, 11) is 1.50. The van der Waals surface area contributed by atoms with E-state index in [9.17, 15) is 14.9 Å². The van der Waals surface area contributed by atoms with Crippen LogP contribution < -0.4 is 10.3 Å². The Morgan fingerprint density at radius 1 is 1.18 bits per heavy atom. The van der Waals surface area contributed by atoms with E-state index in [2.05, 4.69) is 9.97 Å². The second-order valence-corrected chi connectivity index (χ2v) is 4.57. The van der Waals surface area contributed by atoms with Crippen molar-refractivity contribution in [2.45, 2.75) is 0 Å². The third-order valence-corrected chi connectivity index (χ3v) is 3.27. The number of nitrogens with zero attached hydrogens (tertiary/aromatic N) is 2. The molecule has 0 aliphatic heterocycles.